The number of guanidine groups is 1. The summed E-state index contributed by atoms with van der Waals surface area (Å²) in [4.78, 5) is 8.95. The van der Waals surface area contributed by atoms with E-state index in [0.717, 1.165) is 62.3 Å². The first-order valence-corrected chi connectivity index (χ1v) is 9.87. The van der Waals surface area contributed by atoms with Crippen LogP contribution in [0.25, 0.3) is 0 Å². The molecule has 0 aliphatic carbocycles. The van der Waals surface area contributed by atoms with Crippen LogP contribution in [0.15, 0.2) is 29.3 Å². The van der Waals surface area contributed by atoms with Crippen molar-refractivity contribution in [3.63, 3.8) is 0 Å². The van der Waals surface area contributed by atoms with Gasteiger partial charge < -0.3 is 20.1 Å². The van der Waals surface area contributed by atoms with Crippen molar-refractivity contribution in [3.05, 3.63) is 41.5 Å². The molecule has 4 rings (SSSR count). The molecule has 0 saturated carbocycles. The topological polar surface area (TPSA) is 85.6 Å². The van der Waals surface area contributed by atoms with Crippen molar-refractivity contribution in [1.29, 1.82) is 0 Å². The minimum absolute atomic E-state index is 0. The average Bonchev–Trinajstić information content (AvgIpc) is 3.13. The number of benzene rings is 1. The van der Waals surface area contributed by atoms with Crippen LogP contribution in [-0.2, 0) is 24.3 Å². The summed E-state index contributed by atoms with van der Waals surface area (Å²) in [5.41, 5.74) is 1.27. The van der Waals surface area contributed by atoms with E-state index in [1.165, 1.54) is 5.56 Å². The lowest BCUT2D eigenvalue weighted by Crippen LogP contribution is -2.48. The van der Waals surface area contributed by atoms with E-state index >= 15 is 0 Å². The van der Waals surface area contributed by atoms with Crippen molar-refractivity contribution in [2.24, 2.45) is 4.99 Å². The van der Waals surface area contributed by atoms with Crippen LogP contribution < -0.4 is 15.4 Å². The fourth-order valence-corrected chi connectivity index (χ4v) is 3.90. The molecule has 2 aromatic rings. The van der Waals surface area contributed by atoms with Crippen molar-refractivity contribution in [1.82, 2.24) is 25.4 Å². The monoisotopic (exact) mass is 512 g/mol. The smallest absolute Gasteiger partial charge is 0.191 e. The van der Waals surface area contributed by atoms with Gasteiger partial charge in [-0.05, 0) is 24.5 Å². The second-order valence-corrected chi connectivity index (χ2v) is 7.26. The number of rotatable bonds is 5. The molecule has 0 radical (unpaired) electrons. The summed E-state index contributed by atoms with van der Waals surface area (Å²) >= 11 is 0. The molecule has 9 heteroatoms. The van der Waals surface area contributed by atoms with Gasteiger partial charge in [0.2, 0.25) is 0 Å². The maximum Gasteiger partial charge on any atom is 0.191 e. The third-order valence-electron chi connectivity index (χ3n) is 5.34. The first-order valence-electron chi connectivity index (χ1n) is 9.87. The molecule has 0 saturated heterocycles. The molecule has 0 fully saturated rings. The van der Waals surface area contributed by atoms with Crippen LogP contribution in [0.4, 0.5) is 0 Å². The van der Waals surface area contributed by atoms with Crippen molar-refractivity contribution in [2.75, 3.05) is 27.3 Å². The number of nitrogens with one attached hydrogen (secondary N) is 2. The van der Waals surface area contributed by atoms with Crippen LogP contribution in [0.1, 0.15) is 36.0 Å². The Kier molecular flexibility index (Phi) is 7.70. The Hall–Kier alpha value is -1.88. The predicted octanol–water partition coefficient (Wildman–Crippen LogP) is 2.09. The number of aryl methyl sites for hydroxylation is 1. The van der Waals surface area contributed by atoms with E-state index in [4.69, 9.17) is 9.47 Å². The highest BCUT2D eigenvalue weighted by atomic mass is 127. The summed E-state index contributed by atoms with van der Waals surface area (Å²) in [6.07, 6.45) is 2.92. The first kappa shape index (κ1) is 21.8. The average molecular weight is 512 g/mol. The lowest BCUT2D eigenvalue weighted by molar-refractivity contribution is 0.177. The van der Waals surface area contributed by atoms with Crippen LogP contribution in [0.5, 0.6) is 5.75 Å². The summed E-state index contributed by atoms with van der Waals surface area (Å²) in [6.45, 7) is 2.83. The Morgan fingerprint density at radius 3 is 3.03 bits per heavy atom. The predicted molar refractivity (Wildman–Crippen MR) is 122 cm³/mol. The fourth-order valence-electron chi connectivity index (χ4n) is 3.90. The maximum atomic E-state index is 5.76. The van der Waals surface area contributed by atoms with Crippen LogP contribution in [0, 0.1) is 0 Å². The van der Waals surface area contributed by atoms with Gasteiger partial charge in [-0.3, -0.25) is 4.99 Å². The molecule has 158 valence electrons. The summed E-state index contributed by atoms with van der Waals surface area (Å²) in [6, 6.07) is 8.57. The highest BCUT2D eigenvalue weighted by molar-refractivity contribution is 14.0. The zero-order valence-electron chi connectivity index (χ0n) is 16.9. The van der Waals surface area contributed by atoms with Gasteiger partial charge in [-0.2, -0.15) is 5.10 Å². The van der Waals surface area contributed by atoms with Gasteiger partial charge in [-0.25, -0.2) is 9.67 Å². The molecule has 3 heterocycles. The third kappa shape index (κ3) is 5.19. The molecule has 8 nitrogen and oxygen atoms in total. The summed E-state index contributed by atoms with van der Waals surface area (Å²) in [5, 5.41) is 11.6. The molecule has 2 N–H and O–H groups in total. The Morgan fingerprint density at radius 2 is 2.21 bits per heavy atom. The second-order valence-electron chi connectivity index (χ2n) is 7.26. The number of halogens is 1. The van der Waals surface area contributed by atoms with Gasteiger partial charge >= 0.3 is 0 Å². The highest BCUT2D eigenvalue weighted by Crippen LogP contribution is 2.32. The number of nitrogens with zero attached hydrogens (tertiary/aromatic N) is 4. The van der Waals surface area contributed by atoms with Gasteiger partial charge in [0.05, 0.1) is 13.2 Å². The Labute approximate surface area is 188 Å². The van der Waals surface area contributed by atoms with Gasteiger partial charge in [0.25, 0.3) is 0 Å². The molecule has 2 aliphatic heterocycles. The molecule has 0 amide bonds. The number of aromatic nitrogens is 3. The van der Waals surface area contributed by atoms with Gasteiger partial charge in [0, 0.05) is 39.1 Å². The quantitative estimate of drug-likeness (QED) is 0.363. The zero-order valence-corrected chi connectivity index (χ0v) is 19.3. The first-order chi connectivity index (χ1) is 13.8. The molecule has 0 bridgehead atoms. The van der Waals surface area contributed by atoms with Crippen molar-refractivity contribution < 1.29 is 9.47 Å². The van der Waals surface area contributed by atoms with Gasteiger partial charge in [-0.15, -0.1) is 24.0 Å². The molecule has 2 atom stereocenters. The Morgan fingerprint density at radius 1 is 1.34 bits per heavy atom. The molecule has 1 aromatic carbocycles. The standard InChI is InChI=1S/C20H28N6O2.HI/c1-21-20(22-11-14-9-10-28-17-6-4-3-5-16(14)17)23-15-7-8-19-24-18(13-27-2)25-26(19)12-15;/h3-6,14-15H,7-13H2,1-2H3,(H2,21,22,23);1H. The van der Waals surface area contributed by atoms with Gasteiger partial charge in [0.15, 0.2) is 11.8 Å². The number of aliphatic imine (C=N–C) groups is 1. The fraction of sp³-hybridized carbons (Fsp3) is 0.550. The molecule has 1 aromatic heterocycles. The van der Waals surface area contributed by atoms with Gasteiger partial charge in [0.1, 0.15) is 18.2 Å². The van der Waals surface area contributed by atoms with E-state index in [9.17, 15) is 0 Å². The minimum Gasteiger partial charge on any atom is -0.493 e. The number of fused-ring (bicyclic) bond motifs is 2. The van der Waals surface area contributed by atoms with E-state index in [2.05, 4.69) is 37.8 Å². The largest absolute Gasteiger partial charge is 0.493 e. The van der Waals surface area contributed by atoms with E-state index in [0.29, 0.717) is 12.5 Å². The normalized spacial score (nSPS) is 20.7. The molecule has 29 heavy (non-hydrogen) atoms. The number of hydrogen-bond donors (Lipinski definition) is 2. The van der Waals surface area contributed by atoms with E-state index in [1.807, 2.05) is 23.9 Å². The summed E-state index contributed by atoms with van der Waals surface area (Å²) in [5.74, 6) is 4.04. The highest BCUT2D eigenvalue weighted by Gasteiger charge is 2.24. The second kappa shape index (κ2) is 10.2. The minimum atomic E-state index is 0. The van der Waals surface area contributed by atoms with E-state index < -0.39 is 0 Å². The van der Waals surface area contributed by atoms with Crippen LogP contribution in [0.3, 0.4) is 0 Å². The lowest BCUT2D eigenvalue weighted by atomic mass is 9.93. The number of hydrogen-bond acceptors (Lipinski definition) is 5. The van der Waals surface area contributed by atoms with Gasteiger partial charge in [-0.1, -0.05) is 18.2 Å². The Balaban J connectivity index is 0.00000240. The number of para-hydroxylation sites is 1. The molecule has 2 unspecified atom stereocenters. The molecular weight excluding hydrogens is 483 g/mol. The van der Waals surface area contributed by atoms with Crippen molar-refractivity contribution in [3.8, 4) is 5.75 Å². The molecular formula is C20H29IN6O2. The van der Waals surface area contributed by atoms with Crippen LogP contribution in [-0.4, -0.2) is 54.1 Å². The van der Waals surface area contributed by atoms with Crippen molar-refractivity contribution in [2.45, 2.75) is 44.4 Å². The molecule has 0 spiro atoms. The van der Waals surface area contributed by atoms with Crippen LogP contribution >= 0.6 is 24.0 Å². The SMILES string of the molecule is CN=C(NCC1CCOc2ccccc21)NC1CCc2nc(COC)nn2C1.I. The van der Waals surface area contributed by atoms with E-state index in [1.54, 1.807) is 7.11 Å². The lowest BCUT2D eigenvalue weighted by Gasteiger charge is -2.28. The van der Waals surface area contributed by atoms with E-state index in [-0.39, 0.29) is 30.0 Å². The van der Waals surface area contributed by atoms with Crippen LogP contribution in [0.2, 0.25) is 0 Å². The van der Waals surface area contributed by atoms with Crippen molar-refractivity contribution >= 4 is 29.9 Å². The Bertz CT molecular complexity index is 840. The number of methoxy groups -OCH3 is 1. The zero-order chi connectivity index (χ0) is 19.3. The summed E-state index contributed by atoms with van der Waals surface area (Å²) < 4.78 is 12.9. The summed E-state index contributed by atoms with van der Waals surface area (Å²) in [7, 11) is 3.48. The maximum absolute atomic E-state index is 5.76. The molecule has 2 aliphatic rings. The third-order valence-corrected chi connectivity index (χ3v) is 5.34. The number of ether oxygens (including phenoxy) is 2.